The molecule has 0 saturated heterocycles. The topological polar surface area (TPSA) is 38.7 Å². The summed E-state index contributed by atoms with van der Waals surface area (Å²) in [5, 5.41) is 11.8. The van der Waals surface area contributed by atoms with Crippen LogP contribution in [0.5, 0.6) is 0 Å². The third kappa shape index (κ3) is 8.43. The molecule has 5 heteroatoms. The lowest BCUT2D eigenvalue weighted by atomic mass is 9.62. The fraction of sp³-hybridized carbons (Fsp3) is 0.696. The van der Waals surface area contributed by atoms with E-state index in [1.54, 1.807) is 5.57 Å². The first kappa shape index (κ1) is 40.7. The highest BCUT2D eigenvalue weighted by Gasteiger charge is 2.51. The van der Waals surface area contributed by atoms with Gasteiger partial charge in [-0.25, -0.2) is 0 Å². The zero-order chi connectivity index (χ0) is 37.8. The molecular formula is C46H74O3Si2. The van der Waals surface area contributed by atoms with Crippen molar-refractivity contribution in [3.8, 4) is 0 Å². The van der Waals surface area contributed by atoms with Crippen molar-refractivity contribution in [2.75, 3.05) is 0 Å². The van der Waals surface area contributed by atoms with Crippen LogP contribution in [0.25, 0.3) is 0 Å². The molecule has 0 radical (unpaired) electrons. The summed E-state index contributed by atoms with van der Waals surface area (Å²) in [5.74, 6) is 1.19. The maximum Gasteiger partial charge on any atom is 0.192 e. The Morgan fingerprint density at radius 2 is 1.55 bits per heavy atom. The Hall–Kier alpha value is -1.51. The average molecular weight is 731 g/mol. The summed E-state index contributed by atoms with van der Waals surface area (Å²) in [6.07, 6.45) is 18.2. The number of fused-ring (bicyclic) bond motifs is 1. The van der Waals surface area contributed by atoms with Gasteiger partial charge < -0.3 is 14.0 Å². The quantitative estimate of drug-likeness (QED) is 0.192. The molecule has 0 unspecified atom stereocenters. The van der Waals surface area contributed by atoms with E-state index in [2.05, 4.69) is 131 Å². The van der Waals surface area contributed by atoms with Crippen LogP contribution in [-0.4, -0.2) is 40.1 Å². The molecule has 4 aliphatic carbocycles. The first-order valence-electron chi connectivity index (χ1n) is 20.4. The van der Waals surface area contributed by atoms with Crippen molar-refractivity contribution in [3.63, 3.8) is 0 Å². The van der Waals surface area contributed by atoms with Crippen LogP contribution in [0.2, 0.25) is 36.3 Å². The van der Waals surface area contributed by atoms with Crippen molar-refractivity contribution in [3.05, 3.63) is 82.5 Å². The monoisotopic (exact) mass is 731 g/mol. The van der Waals surface area contributed by atoms with E-state index in [4.69, 9.17) is 15.4 Å². The Labute approximate surface area is 315 Å². The van der Waals surface area contributed by atoms with Gasteiger partial charge in [-0.15, -0.1) is 0 Å². The van der Waals surface area contributed by atoms with E-state index in [1.807, 2.05) is 0 Å². The Bertz CT molecular complexity index is 1510. The maximum atomic E-state index is 11.5. The molecule has 0 heterocycles. The predicted octanol–water partition coefficient (Wildman–Crippen LogP) is 12.9. The Morgan fingerprint density at radius 3 is 2.14 bits per heavy atom. The fourth-order valence-corrected chi connectivity index (χ4v) is 11.9. The zero-order valence-corrected chi connectivity index (χ0v) is 37.0. The lowest BCUT2D eigenvalue weighted by Gasteiger charge is -2.45. The number of allylic oxidation sites excluding steroid dienone is 4. The van der Waals surface area contributed by atoms with Crippen LogP contribution < -0.4 is 0 Å². The number of rotatable bonds is 10. The van der Waals surface area contributed by atoms with Crippen LogP contribution in [0.1, 0.15) is 131 Å². The molecule has 0 aromatic heterocycles. The molecule has 5 rings (SSSR count). The molecule has 0 amide bonds. The Morgan fingerprint density at radius 1 is 0.941 bits per heavy atom. The molecule has 1 aromatic carbocycles. The van der Waals surface area contributed by atoms with Crippen LogP contribution in [0.3, 0.4) is 0 Å². The molecule has 6 atom stereocenters. The SMILES string of the molecule is C=C1/C(=C\C=C2/CCC[C@]3(C)[C@@H](/C(C)=C\C[C@@H](O)C4(c5ccc(C)cc5)CC4)CC[C@@H]23)C[C@@H](O[Si](C)(C)C(C)(C)C)C[C@@H]1O[Si](C)(C)C(C)(C)C. The van der Waals surface area contributed by atoms with Crippen LogP contribution >= 0.6 is 0 Å². The van der Waals surface area contributed by atoms with E-state index in [0.717, 1.165) is 32.1 Å². The second-order valence-electron chi connectivity index (χ2n) is 20.5. The summed E-state index contributed by atoms with van der Waals surface area (Å²) in [6, 6.07) is 8.86. The lowest BCUT2D eigenvalue weighted by molar-refractivity contribution is 0.0969. The Balaban J connectivity index is 1.34. The molecule has 4 aliphatic rings. The molecule has 0 aliphatic heterocycles. The van der Waals surface area contributed by atoms with Gasteiger partial charge in [0.15, 0.2) is 16.6 Å². The van der Waals surface area contributed by atoms with Gasteiger partial charge in [0.1, 0.15) is 0 Å². The molecule has 3 nitrogen and oxygen atoms in total. The number of hydrogen-bond acceptors (Lipinski definition) is 3. The lowest BCUT2D eigenvalue weighted by Crippen LogP contribution is -2.49. The minimum atomic E-state index is -2.00. The minimum absolute atomic E-state index is 0.00969. The molecule has 0 spiro atoms. The average Bonchev–Trinajstić information content (AvgIpc) is 3.75. The van der Waals surface area contributed by atoms with Crippen LogP contribution in [0.15, 0.2) is 71.4 Å². The third-order valence-corrected chi connectivity index (χ3v) is 24.0. The minimum Gasteiger partial charge on any atom is -0.413 e. The summed E-state index contributed by atoms with van der Waals surface area (Å²) in [7, 11) is -3.95. The third-order valence-electron chi connectivity index (χ3n) is 15.0. The molecule has 1 N–H and O–H groups in total. The largest absolute Gasteiger partial charge is 0.413 e. The maximum absolute atomic E-state index is 11.5. The number of aryl methyl sites for hydroxylation is 1. The van der Waals surface area contributed by atoms with Gasteiger partial charge >= 0.3 is 0 Å². The molecular weight excluding hydrogens is 657 g/mol. The summed E-state index contributed by atoms with van der Waals surface area (Å²) >= 11 is 0. The predicted molar refractivity (Wildman–Crippen MR) is 223 cm³/mol. The summed E-state index contributed by atoms with van der Waals surface area (Å²) in [4.78, 5) is 0. The highest BCUT2D eigenvalue weighted by molar-refractivity contribution is 6.74. The van der Waals surface area contributed by atoms with E-state index in [-0.39, 0.29) is 39.2 Å². The van der Waals surface area contributed by atoms with Gasteiger partial charge in [-0.05, 0) is 142 Å². The summed E-state index contributed by atoms with van der Waals surface area (Å²) in [6.45, 7) is 35.3. The van der Waals surface area contributed by atoms with Crippen molar-refractivity contribution in [1.82, 2.24) is 0 Å². The van der Waals surface area contributed by atoms with E-state index in [0.29, 0.717) is 11.8 Å². The van der Waals surface area contributed by atoms with Gasteiger partial charge in [-0.1, -0.05) is 114 Å². The number of benzene rings is 1. The number of aliphatic hydroxyl groups excluding tert-OH is 1. The van der Waals surface area contributed by atoms with Gasteiger partial charge in [0.2, 0.25) is 0 Å². The molecule has 284 valence electrons. The van der Waals surface area contributed by atoms with Gasteiger partial charge in [-0.3, -0.25) is 0 Å². The van der Waals surface area contributed by atoms with Gasteiger partial charge in [0, 0.05) is 11.8 Å². The van der Waals surface area contributed by atoms with Crippen molar-refractivity contribution >= 4 is 16.6 Å². The Kier molecular flexibility index (Phi) is 11.7. The van der Waals surface area contributed by atoms with Gasteiger partial charge in [0.05, 0.1) is 18.3 Å². The molecule has 4 fully saturated rings. The van der Waals surface area contributed by atoms with E-state index < -0.39 is 16.6 Å². The molecule has 4 saturated carbocycles. The highest BCUT2D eigenvalue weighted by atomic mass is 28.4. The smallest absolute Gasteiger partial charge is 0.192 e. The van der Waals surface area contributed by atoms with Crippen LogP contribution in [0, 0.1) is 24.2 Å². The molecule has 0 bridgehead atoms. The normalized spacial score (nSPS) is 31.3. The molecule has 51 heavy (non-hydrogen) atoms. The summed E-state index contributed by atoms with van der Waals surface area (Å²) < 4.78 is 14.2. The second-order valence-corrected chi connectivity index (χ2v) is 30.0. The highest BCUT2D eigenvalue weighted by Crippen LogP contribution is 2.60. The zero-order valence-electron chi connectivity index (χ0n) is 35.0. The second kappa shape index (κ2) is 14.6. The van der Waals surface area contributed by atoms with Crippen molar-refractivity contribution in [1.29, 1.82) is 0 Å². The first-order valence-corrected chi connectivity index (χ1v) is 26.2. The number of hydrogen-bond donors (Lipinski definition) is 1. The van der Waals surface area contributed by atoms with Crippen LogP contribution in [0.4, 0.5) is 0 Å². The standard InChI is InChI=1S/C46H74O3Si2/c1-32-17-22-37(23-18-32)46(28-29-46)42(47)26-19-33(2)39-24-25-40-35(16-15-27-45(39,40)10)20-21-36-30-38(48-50(11,12)43(4,5)6)31-41(34(36)3)49-51(13,14)44(7,8)9/h17-23,38-42,47H,3,15-16,24-31H2,1-2,4-14H3/b33-19-,35-20+,36-21-/t38-,39-,40+,41+,42-,45-/m1/s1. The van der Waals surface area contributed by atoms with E-state index >= 15 is 0 Å². The van der Waals surface area contributed by atoms with Gasteiger partial charge in [-0.2, -0.15) is 0 Å². The van der Waals surface area contributed by atoms with Crippen molar-refractivity contribution in [2.45, 2.75) is 187 Å². The van der Waals surface area contributed by atoms with E-state index in [1.165, 1.54) is 60.0 Å². The van der Waals surface area contributed by atoms with Crippen molar-refractivity contribution < 1.29 is 14.0 Å². The van der Waals surface area contributed by atoms with Crippen LogP contribution in [-0.2, 0) is 14.3 Å². The first-order chi connectivity index (χ1) is 23.5. The van der Waals surface area contributed by atoms with Gasteiger partial charge in [0.25, 0.3) is 0 Å². The fourth-order valence-electron chi connectivity index (χ4n) is 9.25. The van der Waals surface area contributed by atoms with E-state index in [9.17, 15) is 5.11 Å². The molecule has 1 aromatic rings. The summed E-state index contributed by atoms with van der Waals surface area (Å²) in [5.41, 5.74) is 8.44. The van der Waals surface area contributed by atoms with Crippen molar-refractivity contribution in [2.24, 2.45) is 17.3 Å². The number of aliphatic hydroxyl groups is 1.